The molecule has 0 spiro atoms. The number of fused-ring (bicyclic) bond motifs is 3. The van der Waals surface area contributed by atoms with Crippen molar-refractivity contribution >= 4 is 35.2 Å². The third kappa shape index (κ3) is 17.9. The Kier molecular flexibility index (Phi) is 26.9. The Balaban J connectivity index is 0.0000137. The zero-order chi connectivity index (χ0) is 52.6. The number of rotatable bonds is 10. The molecule has 2 N–H and O–H groups in total. The summed E-state index contributed by atoms with van der Waals surface area (Å²) in [4.78, 5) is 83.5. The number of ketones is 3. The summed E-state index contributed by atoms with van der Waals surface area (Å²) in [5, 5.41) is 23.5. The van der Waals surface area contributed by atoms with E-state index in [1.54, 1.807) is 41.1 Å². The van der Waals surface area contributed by atoms with Crippen LogP contribution in [0.15, 0.2) is 47.6 Å². The monoisotopic (exact) mass is 1090 g/mol. The number of allylic oxidation sites excluding steroid dienone is 6. The van der Waals surface area contributed by atoms with Crippen molar-refractivity contribution in [2.45, 2.75) is 180 Å². The molecular formula is C55H84NO15Y-. The van der Waals surface area contributed by atoms with Gasteiger partial charge in [0.1, 0.15) is 36.7 Å². The topological polar surface area (TPSA) is 211 Å². The van der Waals surface area contributed by atoms with Crippen LogP contribution in [0.3, 0.4) is 0 Å². The normalized spacial score (nSPS) is 37.4. The van der Waals surface area contributed by atoms with Gasteiger partial charge in [-0.05, 0) is 107 Å². The number of hydrogen-bond donors (Lipinski definition) is 2. The van der Waals surface area contributed by atoms with E-state index in [0.717, 1.165) is 12.0 Å². The first-order valence-corrected chi connectivity index (χ1v) is 25.7. The molecule has 0 aromatic heterocycles. The second-order valence-electron chi connectivity index (χ2n) is 20.7. The van der Waals surface area contributed by atoms with Crippen molar-refractivity contribution in [3.8, 4) is 0 Å². The molecule has 3 aliphatic heterocycles. The molecule has 4 aliphatic rings. The number of nitrogens with zero attached hydrogens (tertiary/aromatic N) is 1. The summed E-state index contributed by atoms with van der Waals surface area (Å²) in [6.45, 7) is 16.2. The summed E-state index contributed by atoms with van der Waals surface area (Å²) in [7, 11) is 4.56. The summed E-state index contributed by atoms with van der Waals surface area (Å²) in [5.41, 5.74) is 1.25. The Labute approximate surface area is 453 Å². The number of carbonyl (C=O) groups is 6. The zero-order valence-electron chi connectivity index (χ0n) is 44.6. The molecule has 403 valence electrons. The van der Waals surface area contributed by atoms with E-state index in [2.05, 4.69) is 6.92 Å². The zero-order valence-corrected chi connectivity index (χ0v) is 47.4. The van der Waals surface area contributed by atoms with E-state index < -0.39 is 83.7 Å². The Morgan fingerprint density at radius 1 is 0.875 bits per heavy atom. The van der Waals surface area contributed by atoms with Crippen molar-refractivity contribution < 1.29 is 105 Å². The minimum atomic E-state index is -2.45. The molecule has 3 heterocycles. The van der Waals surface area contributed by atoms with Gasteiger partial charge in [-0.15, -0.1) is 0 Å². The molecular weight excluding hydrogens is 1000 g/mol. The fraction of sp³-hybridized carbons (Fsp3) is 0.727. The van der Waals surface area contributed by atoms with Crippen LogP contribution >= 0.6 is 0 Å². The molecule has 72 heavy (non-hydrogen) atoms. The third-order valence-electron chi connectivity index (χ3n) is 15.1. The van der Waals surface area contributed by atoms with Gasteiger partial charge in [-0.3, -0.25) is 30.9 Å². The van der Waals surface area contributed by atoms with Crippen LogP contribution in [0.4, 0.5) is 0 Å². The van der Waals surface area contributed by atoms with Crippen molar-refractivity contribution in [3.63, 3.8) is 0 Å². The molecule has 3 fully saturated rings. The maximum absolute atomic E-state index is 14.5. The second kappa shape index (κ2) is 30.6. The van der Waals surface area contributed by atoms with Crippen LogP contribution in [0.5, 0.6) is 0 Å². The number of esters is 2. The number of amides is 1. The number of carbonyl (C=O) groups excluding carboxylic acids is 6. The summed E-state index contributed by atoms with van der Waals surface area (Å²) >= 11 is 0. The van der Waals surface area contributed by atoms with Crippen LogP contribution in [-0.4, -0.2) is 146 Å². The van der Waals surface area contributed by atoms with E-state index in [0.29, 0.717) is 63.4 Å². The van der Waals surface area contributed by atoms with Crippen LogP contribution in [-0.2, 0) is 94.6 Å². The van der Waals surface area contributed by atoms with E-state index in [9.17, 15) is 39.0 Å². The van der Waals surface area contributed by atoms with E-state index in [1.165, 1.54) is 12.0 Å². The van der Waals surface area contributed by atoms with Gasteiger partial charge in [0.15, 0.2) is 11.8 Å². The molecule has 15 atom stereocenters. The van der Waals surface area contributed by atoms with Crippen LogP contribution < -0.4 is 0 Å². The average Bonchev–Trinajstić information content (AvgIpc) is 3.34. The standard InChI is InChI=1S/C55H84NO15.Y/c1-33-17-13-12-14-18-34(2)46(65-9)31-42-22-20-39(7)55(64,71-42)52(61)53(62)56-24-16-15-19-43(56)54(63)70-47(32-44(58)35(3)28-38(6)50(60)51(67-11)49(59)37(5)27-33)36(4)29-41-21-23-45(48(30-41)66-10)69-26-25-68-40(8)57;/h12-14,17-18,28,33,35-37,39,41-43,45-48,50-51,60,64H,8,15-16,19-27,29-32H2,1-7,9-11H3;/q-1;/b14-12+,17-13+,34-18+,38-28+;/t33-,35-,36+,37-,39-,41+,42+,43+,45-,46+,47+,48-,50-,51+,55-;/m1./s1. The largest absolute Gasteiger partial charge is 0.486 e. The van der Waals surface area contributed by atoms with E-state index in [1.807, 2.05) is 58.1 Å². The minimum Gasteiger partial charge on any atom is -0.486 e. The van der Waals surface area contributed by atoms with Gasteiger partial charge in [0, 0.05) is 91.2 Å². The molecule has 0 aromatic carbocycles. The SMILES string of the molecule is [CH2-]C(=O)OCCO[C@@H]1CC[C@@H](C[C@H](C)[C@@H]2CC(=O)[C@H](C)/C=C(\C)[C@@H](O)[C@@H](OC)C(=O)[C@H](C)C[C@H](C)/C=C/C=C/C=C(\C)[C@@H](OC)C[C@@H]3CC[C@@H](C)[C@@](O)(O3)C(=O)C(=O)N3CCCC[C@H]3C(=O)O2)C[C@H]1OC.[Y]. The number of hydrogen-bond acceptors (Lipinski definition) is 15. The molecule has 1 aliphatic carbocycles. The second-order valence-corrected chi connectivity index (χ2v) is 20.7. The Hall–Kier alpha value is -2.93. The Morgan fingerprint density at radius 2 is 1.60 bits per heavy atom. The molecule has 2 bridgehead atoms. The van der Waals surface area contributed by atoms with Crippen molar-refractivity contribution in [2.75, 3.05) is 41.1 Å². The van der Waals surface area contributed by atoms with Gasteiger partial charge in [-0.1, -0.05) is 71.1 Å². The van der Waals surface area contributed by atoms with Gasteiger partial charge in [-0.25, -0.2) is 4.79 Å². The third-order valence-corrected chi connectivity index (χ3v) is 15.1. The number of cyclic esters (lactones) is 1. The predicted molar refractivity (Wildman–Crippen MR) is 265 cm³/mol. The number of methoxy groups -OCH3 is 3. The summed E-state index contributed by atoms with van der Waals surface area (Å²) in [5.74, 6) is -8.78. The van der Waals surface area contributed by atoms with Gasteiger partial charge in [0.25, 0.3) is 11.7 Å². The van der Waals surface area contributed by atoms with Crippen LogP contribution in [0.25, 0.3) is 0 Å². The minimum absolute atomic E-state index is 0. The maximum atomic E-state index is 14.5. The molecule has 1 saturated carbocycles. The van der Waals surface area contributed by atoms with Crippen molar-refractivity contribution in [1.29, 1.82) is 0 Å². The molecule has 0 aromatic rings. The molecule has 1 radical (unpaired) electrons. The molecule has 16 nitrogen and oxygen atoms in total. The maximum Gasteiger partial charge on any atom is 0.329 e. The predicted octanol–water partition coefficient (Wildman–Crippen LogP) is 6.58. The van der Waals surface area contributed by atoms with E-state index in [4.69, 9.17) is 33.2 Å². The van der Waals surface area contributed by atoms with Gasteiger partial charge in [0.2, 0.25) is 5.79 Å². The number of piperidine rings is 1. The molecule has 17 heteroatoms. The Bertz CT molecular complexity index is 1930. The molecule has 1 amide bonds. The van der Waals surface area contributed by atoms with Gasteiger partial charge < -0.3 is 48.3 Å². The van der Waals surface area contributed by atoms with E-state index >= 15 is 0 Å². The smallest absolute Gasteiger partial charge is 0.329 e. The van der Waals surface area contributed by atoms with Crippen molar-refractivity contribution in [3.05, 3.63) is 54.5 Å². The first-order chi connectivity index (χ1) is 33.6. The van der Waals surface area contributed by atoms with Crippen LogP contribution in [0.1, 0.15) is 126 Å². The summed E-state index contributed by atoms with van der Waals surface area (Å²) in [6.07, 6.45) is 11.5. The summed E-state index contributed by atoms with van der Waals surface area (Å²) < 4.78 is 40.7. The van der Waals surface area contributed by atoms with Gasteiger partial charge >= 0.3 is 5.97 Å². The summed E-state index contributed by atoms with van der Waals surface area (Å²) in [6, 6.07) is -1.16. The first kappa shape index (κ1) is 63.4. The number of Topliss-reactive ketones (excluding diaryl/α,β-unsaturated/α-hetero) is 3. The number of ether oxygens (including phenoxy) is 7. The molecule has 4 rings (SSSR count). The number of aliphatic hydroxyl groups excluding tert-OH is 1. The van der Waals surface area contributed by atoms with Crippen LogP contribution in [0.2, 0.25) is 0 Å². The van der Waals surface area contributed by atoms with Gasteiger partial charge in [-0.2, -0.15) is 0 Å². The Morgan fingerprint density at radius 3 is 2.26 bits per heavy atom. The van der Waals surface area contributed by atoms with Crippen molar-refractivity contribution in [2.24, 2.45) is 35.5 Å². The average molecular weight is 1090 g/mol. The van der Waals surface area contributed by atoms with E-state index in [-0.39, 0.29) is 107 Å². The molecule has 0 unspecified atom stereocenters. The first-order valence-electron chi connectivity index (χ1n) is 25.7. The fourth-order valence-corrected chi connectivity index (χ4v) is 10.6. The van der Waals surface area contributed by atoms with Crippen LogP contribution in [0, 0.1) is 42.4 Å². The van der Waals surface area contributed by atoms with Crippen molar-refractivity contribution in [1.82, 2.24) is 4.90 Å². The number of aliphatic hydroxyl groups is 2. The fourth-order valence-electron chi connectivity index (χ4n) is 10.6. The van der Waals surface area contributed by atoms with Gasteiger partial charge in [0.05, 0.1) is 31.0 Å². The quantitative estimate of drug-likeness (QED) is 0.0778. The molecule has 2 saturated heterocycles.